The molecule has 1 aromatic carbocycles. The average Bonchev–Trinajstić information content (AvgIpc) is 2.24. The first kappa shape index (κ1) is 12.2. The van der Waals surface area contributed by atoms with E-state index in [9.17, 15) is 4.39 Å². The van der Waals surface area contributed by atoms with Crippen molar-refractivity contribution in [3.8, 4) is 0 Å². The zero-order valence-corrected chi connectivity index (χ0v) is 9.59. The molecule has 0 fully saturated rings. The summed E-state index contributed by atoms with van der Waals surface area (Å²) in [5.41, 5.74) is 1.02. The van der Waals surface area contributed by atoms with Gasteiger partial charge in [0, 0.05) is 12.6 Å². The molecule has 0 heterocycles. The van der Waals surface area contributed by atoms with Gasteiger partial charge in [0.2, 0.25) is 0 Å². The largest absolute Gasteiger partial charge is 0.310 e. The van der Waals surface area contributed by atoms with Gasteiger partial charge >= 0.3 is 0 Å². The van der Waals surface area contributed by atoms with Crippen molar-refractivity contribution in [2.45, 2.75) is 45.7 Å². The van der Waals surface area contributed by atoms with E-state index in [0.29, 0.717) is 6.04 Å². The first-order valence-corrected chi connectivity index (χ1v) is 5.74. The van der Waals surface area contributed by atoms with E-state index < -0.39 is 0 Å². The molecule has 1 aromatic rings. The lowest BCUT2D eigenvalue weighted by Crippen LogP contribution is -2.27. The smallest absolute Gasteiger partial charge is 0.123 e. The second-order valence-electron chi connectivity index (χ2n) is 3.90. The molecule has 84 valence electrons. The van der Waals surface area contributed by atoms with Crippen LogP contribution in [0.4, 0.5) is 4.39 Å². The molecule has 0 radical (unpaired) electrons. The van der Waals surface area contributed by atoms with Gasteiger partial charge < -0.3 is 5.32 Å². The number of nitrogens with one attached hydrogen (secondary N) is 1. The molecule has 15 heavy (non-hydrogen) atoms. The van der Waals surface area contributed by atoms with Gasteiger partial charge in [0.25, 0.3) is 0 Å². The van der Waals surface area contributed by atoms with Gasteiger partial charge in [-0.1, -0.05) is 32.4 Å². The monoisotopic (exact) mass is 209 g/mol. The summed E-state index contributed by atoms with van der Waals surface area (Å²) in [4.78, 5) is 0. The average molecular weight is 209 g/mol. The van der Waals surface area contributed by atoms with Crippen molar-refractivity contribution in [1.29, 1.82) is 0 Å². The second kappa shape index (κ2) is 6.57. The molecule has 1 nitrogen and oxygen atoms in total. The fourth-order valence-corrected chi connectivity index (χ4v) is 1.71. The molecular weight excluding hydrogens is 189 g/mol. The minimum atomic E-state index is -0.155. The molecule has 1 N–H and O–H groups in total. The Balaban J connectivity index is 2.41. The molecular formula is C13H20FN. The molecule has 0 aromatic heterocycles. The highest BCUT2D eigenvalue weighted by molar-refractivity contribution is 5.16. The third-order valence-corrected chi connectivity index (χ3v) is 2.61. The van der Waals surface area contributed by atoms with Crippen LogP contribution in [-0.4, -0.2) is 6.04 Å². The third-order valence-electron chi connectivity index (χ3n) is 2.61. The third kappa shape index (κ3) is 4.43. The van der Waals surface area contributed by atoms with Crippen LogP contribution in [0.2, 0.25) is 0 Å². The van der Waals surface area contributed by atoms with Crippen LogP contribution in [-0.2, 0) is 6.54 Å². The summed E-state index contributed by atoms with van der Waals surface area (Å²) < 4.78 is 12.9. The lowest BCUT2D eigenvalue weighted by Gasteiger charge is -2.15. The van der Waals surface area contributed by atoms with Crippen molar-refractivity contribution in [2.24, 2.45) is 0 Å². The van der Waals surface area contributed by atoms with Crippen LogP contribution in [0.3, 0.4) is 0 Å². The Bertz CT molecular complexity index is 286. The molecule has 0 saturated carbocycles. The fourth-order valence-electron chi connectivity index (χ4n) is 1.71. The number of benzene rings is 1. The molecule has 0 saturated heterocycles. The van der Waals surface area contributed by atoms with E-state index in [4.69, 9.17) is 0 Å². The molecule has 0 aliphatic carbocycles. The highest BCUT2D eigenvalue weighted by Gasteiger charge is 2.03. The minimum Gasteiger partial charge on any atom is -0.310 e. The standard InChI is InChI=1S/C13H20FN/c1-3-6-13(4-2)15-10-11-7-5-8-12(14)9-11/h5,7-9,13,15H,3-4,6,10H2,1-2H3. The number of hydrogen-bond donors (Lipinski definition) is 1. The zero-order valence-electron chi connectivity index (χ0n) is 9.59. The topological polar surface area (TPSA) is 12.0 Å². The van der Waals surface area contributed by atoms with Crippen LogP contribution in [0, 0.1) is 5.82 Å². The highest BCUT2D eigenvalue weighted by Crippen LogP contribution is 2.06. The molecule has 0 aliphatic rings. The van der Waals surface area contributed by atoms with Crippen molar-refractivity contribution in [2.75, 3.05) is 0 Å². The van der Waals surface area contributed by atoms with E-state index in [1.807, 2.05) is 6.07 Å². The summed E-state index contributed by atoms with van der Waals surface area (Å²) in [6.07, 6.45) is 3.50. The lowest BCUT2D eigenvalue weighted by molar-refractivity contribution is 0.462. The number of hydrogen-bond acceptors (Lipinski definition) is 1. The van der Waals surface area contributed by atoms with E-state index >= 15 is 0 Å². The van der Waals surface area contributed by atoms with Crippen molar-refractivity contribution in [3.63, 3.8) is 0 Å². The Morgan fingerprint density at radius 3 is 2.73 bits per heavy atom. The van der Waals surface area contributed by atoms with Crippen LogP contribution in [0.1, 0.15) is 38.7 Å². The maximum Gasteiger partial charge on any atom is 0.123 e. The van der Waals surface area contributed by atoms with Crippen LogP contribution in [0.15, 0.2) is 24.3 Å². The second-order valence-corrected chi connectivity index (χ2v) is 3.90. The van der Waals surface area contributed by atoms with Gasteiger partial charge in [0.1, 0.15) is 5.82 Å². The Kier molecular flexibility index (Phi) is 5.33. The molecule has 0 aliphatic heterocycles. The molecule has 0 amide bonds. The molecule has 0 bridgehead atoms. The maximum absolute atomic E-state index is 12.9. The number of halogens is 1. The van der Waals surface area contributed by atoms with Crippen molar-refractivity contribution < 1.29 is 4.39 Å². The predicted molar refractivity (Wildman–Crippen MR) is 62.2 cm³/mol. The summed E-state index contributed by atoms with van der Waals surface area (Å²) in [5, 5.41) is 3.45. The summed E-state index contributed by atoms with van der Waals surface area (Å²) in [7, 11) is 0. The lowest BCUT2D eigenvalue weighted by atomic mass is 10.1. The SMILES string of the molecule is CCCC(CC)NCc1cccc(F)c1. The van der Waals surface area contributed by atoms with Gasteiger partial charge in [0.05, 0.1) is 0 Å². The van der Waals surface area contributed by atoms with Crippen LogP contribution < -0.4 is 5.32 Å². The van der Waals surface area contributed by atoms with Gasteiger partial charge in [-0.15, -0.1) is 0 Å². The Hall–Kier alpha value is -0.890. The predicted octanol–water partition coefficient (Wildman–Crippen LogP) is 3.49. The van der Waals surface area contributed by atoms with Crippen molar-refractivity contribution in [3.05, 3.63) is 35.6 Å². The van der Waals surface area contributed by atoms with E-state index in [0.717, 1.165) is 18.5 Å². The van der Waals surface area contributed by atoms with Crippen LogP contribution in [0.5, 0.6) is 0 Å². The zero-order chi connectivity index (χ0) is 11.1. The maximum atomic E-state index is 12.9. The normalized spacial score (nSPS) is 12.7. The molecule has 1 atom stereocenters. The Morgan fingerprint density at radius 1 is 1.33 bits per heavy atom. The van der Waals surface area contributed by atoms with Gasteiger partial charge in [-0.3, -0.25) is 0 Å². The summed E-state index contributed by atoms with van der Waals surface area (Å²) in [6, 6.07) is 7.33. The summed E-state index contributed by atoms with van der Waals surface area (Å²) in [5.74, 6) is -0.155. The van der Waals surface area contributed by atoms with Gasteiger partial charge in [-0.2, -0.15) is 0 Å². The summed E-state index contributed by atoms with van der Waals surface area (Å²) in [6.45, 7) is 5.13. The first-order chi connectivity index (χ1) is 7.26. The Morgan fingerprint density at radius 2 is 2.13 bits per heavy atom. The van der Waals surface area contributed by atoms with E-state index in [1.165, 1.54) is 18.9 Å². The first-order valence-electron chi connectivity index (χ1n) is 5.74. The van der Waals surface area contributed by atoms with Crippen LogP contribution in [0.25, 0.3) is 0 Å². The minimum absolute atomic E-state index is 0.155. The summed E-state index contributed by atoms with van der Waals surface area (Å²) >= 11 is 0. The van der Waals surface area contributed by atoms with Crippen molar-refractivity contribution >= 4 is 0 Å². The van der Waals surface area contributed by atoms with Gasteiger partial charge in [-0.25, -0.2) is 4.39 Å². The van der Waals surface area contributed by atoms with E-state index in [1.54, 1.807) is 12.1 Å². The Labute approximate surface area is 91.7 Å². The van der Waals surface area contributed by atoms with E-state index in [2.05, 4.69) is 19.2 Å². The van der Waals surface area contributed by atoms with Gasteiger partial charge in [-0.05, 0) is 30.5 Å². The number of rotatable bonds is 6. The van der Waals surface area contributed by atoms with Crippen LogP contribution >= 0.6 is 0 Å². The highest BCUT2D eigenvalue weighted by atomic mass is 19.1. The molecule has 0 spiro atoms. The molecule has 1 rings (SSSR count). The van der Waals surface area contributed by atoms with Crippen molar-refractivity contribution in [1.82, 2.24) is 5.32 Å². The quantitative estimate of drug-likeness (QED) is 0.756. The molecule has 2 heteroatoms. The van der Waals surface area contributed by atoms with E-state index in [-0.39, 0.29) is 5.82 Å². The molecule has 1 unspecified atom stereocenters. The van der Waals surface area contributed by atoms with Gasteiger partial charge in [0.15, 0.2) is 0 Å². The fraction of sp³-hybridized carbons (Fsp3) is 0.538.